The molecule has 1 nitrogen and oxygen atoms in total. The first-order chi connectivity index (χ1) is 9.26. The molecule has 1 aromatic rings. The Morgan fingerprint density at radius 3 is 2.30 bits per heavy atom. The SMILES string of the molecule is Cc1ccc([C@]2(C)CC=C(C[Si](C)(C)C)[C@H]2CO)cc1. The first-order valence-corrected chi connectivity index (χ1v) is 11.3. The Morgan fingerprint density at radius 1 is 1.20 bits per heavy atom. The molecule has 0 aromatic heterocycles. The van der Waals surface area contributed by atoms with Crippen LogP contribution in [0.25, 0.3) is 0 Å². The summed E-state index contributed by atoms with van der Waals surface area (Å²) in [5, 5.41) is 9.96. The second-order valence-corrected chi connectivity index (χ2v) is 13.2. The quantitative estimate of drug-likeness (QED) is 0.637. The molecule has 2 atom stereocenters. The van der Waals surface area contributed by atoms with Crippen molar-refractivity contribution in [2.24, 2.45) is 5.92 Å². The van der Waals surface area contributed by atoms with Gasteiger partial charge in [-0.25, -0.2) is 0 Å². The maximum atomic E-state index is 9.96. The van der Waals surface area contributed by atoms with Gasteiger partial charge >= 0.3 is 0 Å². The van der Waals surface area contributed by atoms with Gasteiger partial charge in [-0.1, -0.05) is 68.0 Å². The normalized spacial score (nSPS) is 26.7. The Bertz CT molecular complexity index is 495. The predicted octanol–water partition coefficient (Wildman–Crippen LogP) is 4.53. The fourth-order valence-electron chi connectivity index (χ4n) is 3.42. The smallest absolute Gasteiger partial charge is 0.0504 e. The highest BCUT2D eigenvalue weighted by atomic mass is 28.3. The van der Waals surface area contributed by atoms with Gasteiger partial charge in [0.25, 0.3) is 0 Å². The van der Waals surface area contributed by atoms with Crippen LogP contribution in [0.2, 0.25) is 25.7 Å². The highest BCUT2D eigenvalue weighted by Crippen LogP contribution is 2.47. The molecule has 2 heteroatoms. The zero-order valence-electron chi connectivity index (χ0n) is 13.5. The number of rotatable bonds is 4. The van der Waals surface area contributed by atoms with Crippen molar-refractivity contribution < 1.29 is 5.11 Å². The molecule has 1 aromatic carbocycles. The van der Waals surface area contributed by atoms with Crippen molar-refractivity contribution in [2.45, 2.75) is 51.4 Å². The molecule has 0 saturated carbocycles. The lowest BCUT2D eigenvalue weighted by atomic mass is 9.72. The molecule has 0 spiro atoms. The summed E-state index contributed by atoms with van der Waals surface area (Å²) in [5.41, 5.74) is 4.22. The van der Waals surface area contributed by atoms with Gasteiger partial charge in [0.15, 0.2) is 0 Å². The van der Waals surface area contributed by atoms with E-state index >= 15 is 0 Å². The maximum Gasteiger partial charge on any atom is 0.0504 e. The summed E-state index contributed by atoms with van der Waals surface area (Å²) in [5.74, 6) is 0.289. The molecular weight excluding hydrogens is 260 g/mol. The van der Waals surface area contributed by atoms with Crippen molar-refractivity contribution in [1.29, 1.82) is 0 Å². The third-order valence-electron chi connectivity index (χ3n) is 4.63. The van der Waals surface area contributed by atoms with Gasteiger partial charge in [0.05, 0.1) is 6.61 Å². The predicted molar refractivity (Wildman–Crippen MR) is 90.0 cm³/mol. The van der Waals surface area contributed by atoms with E-state index in [1.807, 2.05) is 0 Å². The molecule has 2 rings (SSSR count). The molecule has 0 unspecified atom stereocenters. The Labute approximate surface area is 124 Å². The number of benzene rings is 1. The zero-order valence-corrected chi connectivity index (χ0v) is 14.5. The molecule has 0 fully saturated rings. The number of aryl methyl sites for hydroxylation is 1. The Morgan fingerprint density at radius 2 is 1.80 bits per heavy atom. The van der Waals surface area contributed by atoms with E-state index in [1.165, 1.54) is 22.7 Å². The van der Waals surface area contributed by atoms with Crippen molar-refractivity contribution in [3.63, 3.8) is 0 Å². The molecule has 0 amide bonds. The minimum atomic E-state index is -1.13. The van der Waals surface area contributed by atoms with Crippen molar-refractivity contribution in [3.05, 3.63) is 47.0 Å². The number of allylic oxidation sites excluding steroid dienone is 1. The monoisotopic (exact) mass is 288 g/mol. The molecule has 1 N–H and O–H groups in total. The van der Waals surface area contributed by atoms with Crippen LogP contribution in [0.3, 0.4) is 0 Å². The maximum absolute atomic E-state index is 9.96. The molecule has 0 aliphatic heterocycles. The van der Waals surface area contributed by atoms with E-state index in [4.69, 9.17) is 0 Å². The minimum absolute atomic E-state index is 0.0669. The first-order valence-electron chi connectivity index (χ1n) is 7.63. The molecule has 0 heterocycles. The average molecular weight is 289 g/mol. The fraction of sp³-hybridized carbons (Fsp3) is 0.556. The summed E-state index contributed by atoms with van der Waals surface area (Å²) < 4.78 is 0. The number of aliphatic hydroxyl groups is 1. The lowest BCUT2D eigenvalue weighted by Crippen LogP contribution is -2.33. The summed E-state index contributed by atoms with van der Waals surface area (Å²) >= 11 is 0. The van der Waals surface area contributed by atoms with Gasteiger partial charge in [-0.3, -0.25) is 0 Å². The molecule has 1 aliphatic rings. The van der Waals surface area contributed by atoms with E-state index in [2.05, 4.69) is 63.8 Å². The summed E-state index contributed by atoms with van der Waals surface area (Å²) in [6.07, 6.45) is 3.46. The van der Waals surface area contributed by atoms with E-state index in [0.717, 1.165) is 6.42 Å². The lowest BCUT2D eigenvalue weighted by Gasteiger charge is -2.34. The van der Waals surface area contributed by atoms with Gasteiger partial charge in [-0.15, -0.1) is 0 Å². The zero-order chi connectivity index (χ0) is 15.0. The second kappa shape index (κ2) is 5.49. The van der Waals surface area contributed by atoms with Crippen molar-refractivity contribution in [2.75, 3.05) is 6.61 Å². The van der Waals surface area contributed by atoms with E-state index in [0.29, 0.717) is 0 Å². The van der Waals surface area contributed by atoms with Crippen LogP contribution in [-0.2, 0) is 5.41 Å². The lowest BCUT2D eigenvalue weighted by molar-refractivity contribution is 0.195. The third-order valence-corrected chi connectivity index (χ3v) is 6.10. The number of hydrogen-bond acceptors (Lipinski definition) is 1. The summed E-state index contributed by atoms with van der Waals surface area (Å²) in [6.45, 7) is 11.9. The van der Waals surface area contributed by atoms with Gasteiger partial charge in [0.2, 0.25) is 0 Å². The Kier molecular flexibility index (Phi) is 4.26. The minimum Gasteiger partial charge on any atom is -0.396 e. The van der Waals surface area contributed by atoms with Gasteiger partial charge in [0, 0.05) is 19.4 Å². The summed E-state index contributed by atoms with van der Waals surface area (Å²) in [4.78, 5) is 0. The molecular formula is C18H28OSi. The van der Waals surface area contributed by atoms with E-state index < -0.39 is 8.07 Å². The van der Waals surface area contributed by atoms with E-state index in [9.17, 15) is 5.11 Å². The van der Waals surface area contributed by atoms with E-state index in [-0.39, 0.29) is 17.9 Å². The van der Waals surface area contributed by atoms with Crippen molar-refractivity contribution >= 4 is 8.07 Å². The van der Waals surface area contributed by atoms with Crippen LogP contribution in [-0.4, -0.2) is 19.8 Å². The molecule has 0 radical (unpaired) electrons. The summed E-state index contributed by atoms with van der Waals surface area (Å²) in [7, 11) is -1.13. The van der Waals surface area contributed by atoms with Crippen LogP contribution < -0.4 is 0 Å². The van der Waals surface area contributed by atoms with Gasteiger partial charge in [-0.05, 0) is 25.0 Å². The van der Waals surface area contributed by atoms with Crippen LogP contribution in [0.15, 0.2) is 35.9 Å². The van der Waals surface area contributed by atoms with Crippen molar-refractivity contribution in [1.82, 2.24) is 0 Å². The van der Waals surface area contributed by atoms with Crippen LogP contribution in [0, 0.1) is 12.8 Å². The number of hydrogen-bond donors (Lipinski definition) is 1. The van der Waals surface area contributed by atoms with E-state index in [1.54, 1.807) is 0 Å². The highest BCUT2D eigenvalue weighted by molar-refractivity contribution is 6.76. The molecule has 20 heavy (non-hydrogen) atoms. The molecule has 1 aliphatic carbocycles. The van der Waals surface area contributed by atoms with Gasteiger partial charge in [0.1, 0.15) is 0 Å². The fourth-order valence-corrected chi connectivity index (χ4v) is 5.03. The van der Waals surface area contributed by atoms with Crippen LogP contribution in [0.4, 0.5) is 0 Å². The Balaban J connectivity index is 2.28. The highest BCUT2D eigenvalue weighted by Gasteiger charge is 2.41. The summed E-state index contributed by atoms with van der Waals surface area (Å²) in [6, 6.07) is 10.1. The van der Waals surface area contributed by atoms with Crippen LogP contribution >= 0.6 is 0 Å². The molecule has 110 valence electrons. The topological polar surface area (TPSA) is 20.2 Å². The third kappa shape index (κ3) is 3.07. The largest absolute Gasteiger partial charge is 0.396 e. The molecule has 0 bridgehead atoms. The number of aliphatic hydroxyl groups excluding tert-OH is 1. The van der Waals surface area contributed by atoms with Gasteiger partial charge in [-0.2, -0.15) is 0 Å². The first kappa shape index (κ1) is 15.5. The molecule has 0 saturated heterocycles. The average Bonchev–Trinajstić information content (AvgIpc) is 2.65. The van der Waals surface area contributed by atoms with Crippen molar-refractivity contribution in [3.8, 4) is 0 Å². The van der Waals surface area contributed by atoms with Crippen LogP contribution in [0.1, 0.15) is 24.5 Å². The second-order valence-electron chi connectivity index (χ2n) is 7.74. The van der Waals surface area contributed by atoms with Crippen LogP contribution in [0.5, 0.6) is 0 Å². The standard InChI is InChI=1S/C18H28OSi/c1-14-6-8-16(9-7-14)18(2)11-10-15(17(18)12-19)13-20(3,4)5/h6-10,17,19H,11-13H2,1-5H3/t17-,18+/m1/s1. The Hall–Kier alpha value is -0.863. The van der Waals surface area contributed by atoms with Gasteiger partial charge < -0.3 is 5.11 Å².